The largest absolute Gasteiger partial charge is 0.478 e. The summed E-state index contributed by atoms with van der Waals surface area (Å²) in [6.45, 7) is 4.08. The zero-order chi connectivity index (χ0) is 30.9. The second kappa shape index (κ2) is 12.7. The molecule has 11 nitrogen and oxygen atoms in total. The van der Waals surface area contributed by atoms with E-state index in [9.17, 15) is 18.7 Å². The summed E-state index contributed by atoms with van der Waals surface area (Å²) in [5.41, 5.74) is 7.32. The number of alkyl halides is 2. The normalized spacial score (nSPS) is 18.8. The van der Waals surface area contributed by atoms with Gasteiger partial charge in [0, 0.05) is 36.4 Å². The molecule has 13 heteroatoms. The number of nitrogens with zero attached hydrogens (tertiary/aromatic N) is 6. The summed E-state index contributed by atoms with van der Waals surface area (Å²) >= 11 is 0. The number of hydrogen-bond donors (Lipinski definition) is 2. The average Bonchev–Trinajstić information content (AvgIpc) is 3.57. The van der Waals surface area contributed by atoms with Gasteiger partial charge in [0.15, 0.2) is 0 Å². The summed E-state index contributed by atoms with van der Waals surface area (Å²) in [5, 5.41) is 10.9. The van der Waals surface area contributed by atoms with Crippen LogP contribution in [0.2, 0.25) is 0 Å². The Kier molecular flexibility index (Phi) is 8.30. The van der Waals surface area contributed by atoms with E-state index in [1.807, 2.05) is 30.3 Å². The molecule has 1 atom stereocenters. The Hall–Kier alpha value is -4.20. The van der Waals surface area contributed by atoms with E-state index in [4.69, 9.17) is 19.4 Å². The van der Waals surface area contributed by atoms with Crippen molar-refractivity contribution in [2.24, 2.45) is 0 Å². The highest BCUT2D eigenvalue weighted by atomic mass is 19.3. The number of pyridine rings is 2. The Bertz CT molecular complexity index is 1690. The third-order valence-corrected chi connectivity index (χ3v) is 8.79. The van der Waals surface area contributed by atoms with E-state index in [0.717, 1.165) is 67.1 Å². The van der Waals surface area contributed by atoms with Gasteiger partial charge in [0.2, 0.25) is 5.88 Å². The monoisotopic (exact) mass is 619 g/mol. The third kappa shape index (κ3) is 6.46. The van der Waals surface area contributed by atoms with Crippen LogP contribution in [0.15, 0.2) is 48.5 Å². The van der Waals surface area contributed by atoms with Gasteiger partial charge in [-0.3, -0.25) is 9.91 Å². The summed E-state index contributed by atoms with van der Waals surface area (Å²) in [4.78, 5) is 28.2. The maximum Gasteiger partial charge on any atom is 0.335 e. The first-order valence-electron chi connectivity index (χ1n) is 15.3. The van der Waals surface area contributed by atoms with Crippen molar-refractivity contribution in [1.29, 1.82) is 0 Å². The van der Waals surface area contributed by atoms with E-state index < -0.39 is 18.9 Å². The molecule has 0 saturated carbocycles. The number of aromatic carboxylic acids is 1. The summed E-state index contributed by atoms with van der Waals surface area (Å²) in [6.07, 6.45) is 0.514. The molecule has 1 unspecified atom stereocenters. The number of imidazole rings is 1. The molecule has 4 aromatic rings. The Morgan fingerprint density at radius 3 is 2.69 bits per heavy atom. The maximum absolute atomic E-state index is 12.9. The van der Waals surface area contributed by atoms with Crippen molar-refractivity contribution in [2.75, 3.05) is 31.3 Å². The van der Waals surface area contributed by atoms with Crippen molar-refractivity contribution in [2.45, 2.75) is 64.0 Å². The van der Waals surface area contributed by atoms with Gasteiger partial charge < -0.3 is 19.1 Å². The molecule has 3 aliphatic heterocycles. The van der Waals surface area contributed by atoms with Crippen LogP contribution in [0.1, 0.15) is 58.3 Å². The van der Waals surface area contributed by atoms with Crippen LogP contribution in [-0.2, 0) is 31.0 Å². The molecule has 2 N–H and O–H groups in total. The number of piperidine rings is 1. The number of aromatic nitrogens is 4. The molecule has 3 aliphatic rings. The number of carbonyl (C=O) groups is 1. The highest BCUT2D eigenvalue weighted by Gasteiger charge is 2.27. The highest BCUT2D eigenvalue weighted by Crippen LogP contribution is 2.30. The number of carboxylic acids is 1. The first kappa shape index (κ1) is 29.5. The lowest BCUT2D eigenvalue weighted by Crippen LogP contribution is -2.36. The van der Waals surface area contributed by atoms with Crippen molar-refractivity contribution < 1.29 is 28.2 Å². The molecule has 236 valence electrons. The van der Waals surface area contributed by atoms with Crippen LogP contribution in [0.3, 0.4) is 0 Å². The van der Waals surface area contributed by atoms with Crippen LogP contribution in [0.5, 0.6) is 5.88 Å². The summed E-state index contributed by atoms with van der Waals surface area (Å²) in [7, 11) is 0. The fraction of sp³-hybridized carbons (Fsp3) is 0.438. The van der Waals surface area contributed by atoms with Gasteiger partial charge in [-0.05, 0) is 62.7 Å². The van der Waals surface area contributed by atoms with Crippen LogP contribution >= 0.6 is 0 Å². The van der Waals surface area contributed by atoms with Crippen LogP contribution in [-0.4, -0.2) is 74.3 Å². The predicted molar refractivity (Wildman–Crippen MR) is 161 cm³/mol. The van der Waals surface area contributed by atoms with Gasteiger partial charge in [-0.15, -0.1) is 0 Å². The first-order valence-corrected chi connectivity index (χ1v) is 15.3. The van der Waals surface area contributed by atoms with Gasteiger partial charge in [0.05, 0.1) is 48.0 Å². The fourth-order valence-electron chi connectivity index (χ4n) is 6.25. The van der Waals surface area contributed by atoms with Crippen LogP contribution in [0, 0.1) is 0 Å². The minimum absolute atomic E-state index is 0.122. The van der Waals surface area contributed by atoms with Crippen LogP contribution in [0.25, 0.3) is 11.0 Å². The molecule has 0 radical (unpaired) electrons. The SMILES string of the molecule is O=C(O)c1ccc2nc(CN3CCC(c4cccc(OCc5ccc6c(n5)N(CC(F)F)NC6)n4)CC3)n(CC3CCO3)c2c1. The summed E-state index contributed by atoms with van der Waals surface area (Å²) in [6, 6.07) is 14.6. The number of fused-ring (bicyclic) bond motifs is 2. The summed E-state index contributed by atoms with van der Waals surface area (Å²) < 4.78 is 39.7. The lowest BCUT2D eigenvalue weighted by atomic mass is 9.93. The number of carboxylic acid groups (broad SMARTS) is 1. The lowest BCUT2D eigenvalue weighted by molar-refractivity contribution is -0.0592. The van der Waals surface area contributed by atoms with Crippen LogP contribution in [0.4, 0.5) is 14.6 Å². The standard InChI is InChI=1S/C32H35F2N7O4/c33-28(34)17-41-31-22(15-35-41)4-6-23(36-31)19-45-30-3-1-2-25(38-30)20-8-11-39(12-9-20)18-29-37-26-7-5-21(32(42)43)14-27(26)40(29)16-24-10-13-44-24/h1-7,14,20,24,28,35H,8-13,15-19H2,(H,42,43). The van der Waals surface area contributed by atoms with Crippen molar-refractivity contribution in [3.63, 3.8) is 0 Å². The number of ether oxygens (including phenoxy) is 2. The first-order chi connectivity index (χ1) is 21.9. The quantitative estimate of drug-likeness (QED) is 0.251. The van der Waals surface area contributed by atoms with E-state index in [1.165, 1.54) is 5.01 Å². The van der Waals surface area contributed by atoms with Crippen LogP contribution < -0.4 is 15.2 Å². The number of hydrazine groups is 1. The number of rotatable bonds is 11. The molecular formula is C32H35F2N7O4. The summed E-state index contributed by atoms with van der Waals surface area (Å²) in [5.74, 6) is 1.28. The average molecular weight is 620 g/mol. The topological polar surface area (TPSA) is 118 Å². The third-order valence-electron chi connectivity index (χ3n) is 8.79. The smallest absolute Gasteiger partial charge is 0.335 e. The molecule has 0 bridgehead atoms. The number of benzene rings is 1. The van der Waals surface area contributed by atoms with Gasteiger partial charge in [-0.1, -0.05) is 12.1 Å². The number of hydrogen-bond acceptors (Lipinski definition) is 9. The Morgan fingerprint density at radius 2 is 1.93 bits per heavy atom. The van der Waals surface area contributed by atoms with Crippen molar-refractivity contribution >= 4 is 22.8 Å². The molecule has 2 saturated heterocycles. The fourth-order valence-corrected chi connectivity index (χ4v) is 6.25. The number of likely N-dealkylation sites (tertiary alicyclic amines) is 1. The zero-order valence-electron chi connectivity index (χ0n) is 24.7. The van der Waals surface area contributed by atoms with Gasteiger partial charge >= 0.3 is 5.97 Å². The van der Waals surface area contributed by atoms with Crippen molar-refractivity contribution in [3.8, 4) is 5.88 Å². The molecule has 6 heterocycles. The minimum atomic E-state index is -2.46. The second-order valence-electron chi connectivity index (χ2n) is 11.8. The number of anilines is 1. The molecule has 45 heavy (non-hydrogen) atoms. The Labute approximate surface area is 258 Å². The molecule has 7 rings (SSSR count). The number of halogens is 2. The maximum atomic E-state index is 12.9. The van der Waals surface area contributed by atoms with E-state index >= 15 is 0 Å². The molecule has 0 aliphatic carbocycles. The van der Waals surface area contributed by atoms with Gasteiger partial charge in [-0.2, -0.15) is 0 Å². The zero-order valence-corrected chi connectivity index (χ0v) is 24.7. The van der Waals surface area contributed by atoms with Gasteiger partial charge in [0.25, 0.3) is 6.43 Å². The van der Waals surface area contributed by atoms with Gasteiger partial charge in [-0.25, -0.2) is 34.0 Å². The molecular weight excluding hydrogens is 584 g/mol. The van der Waals surface area contributed by atoms with Crippen molar-refractivity contribution in [1.82, 2.24) is 29.8 Å². The molecule has 3 aromatic heterocycles. The Morgan fingerprint density at radius 1 is 1.09 bits per heavy atom. The Balaban J connectivity index is 0.978. The van der Waals surface area contributed by atoms with E-state index in [0.29, 0.717) is 37.0 Å². The minimum Gasteiger partial charge on any atom is -0.478 e. The van der Waals surface area contributed by atoms with E-state index in [-0.39, 0.29) is 24.2 Å². The predicted octanol–water partition coefficient (Wildman–Crippen LogP) is 4.36. The van der Waals surface area contributed by atoms with Crippen molar-refractivity contribution in [3.05, 3.63) is 76.9 Å². The van der Waals surface area contributed by atoms with E-state index in [1.54, 1.807) is 18.2 Å². The highest BCUT2D eigenvalue weighted by molar-refractivity contribution is 5.92. The van der Waals surface area contributed by atoms with E-state index in [2.05, 4.69) is 19.9 Å². The molecule has 2 fully saturated rings. The van der Waals surface area contributed by atoms with Gasteiger partial charge in [0.1, 0.15) is 18.2 Å². The molecule has 0 spiro atoms. The molecule has 1 aromatic carbocycles. The lowest BCUT2D eigenvalue weighted by Gasteiger charge is -2.32. The second-order valence-corrected chi connectivity index (χ2v) is 11.8. The number of nitrogens with one attached hydrogen (secondary N) is 1. The molecule has 0 amide bonds.